The van der Waals surface area contributed by atoms with Crippen LogP contribution in [0.25, 0.3) is 0 Å². The van der Waals surface area contributed by atoms with Crippen LogP contribution in [0.1, 0.15) is 27.2 Å². The SMILES string of the molecule is CCOCCNC(C)CC(C)Cl. The molecule has 0 bridgehead atoms. The molecule has 74 valence electrons. The van der Waals surface area contributed by atoms with Gasteiger partial charge in [0.15, 0.2) is 0 Å². The van der Waals surface area contributed by atoms with Crippen molar-refractivity contribution in [2.75, 3.05) is 19.8 Å². The number of alkyl halides is 1. The largest absolute Gasteiger partial charge is 0.380 e. The lowest BCUT2D eigenvalue weighted by Crippen LogP contribution is -2.31. The highest BCUT2D eigenvalue weighted by molar-refractivity contribution is 6.20. The van der Waals surface area contributed by atoms with E-state index in [1.807, 2.05) is 13.8 Å². The van der Waals surface area contributed by atoms with Gasteiger partial charge in [-0.25, -0.2) is 0 Å². The van der Waals surface area contributed by atoms with Gasteiger partial charge in [0.2, 0.25) is 0 Å². The summed E-state index contributed by atoms with van der Waals surface area (Å²) in [6, 6.07) is 0.484. The molecule has 3 heteroatoms. The first kappa shape index (κ1) is 12.2. The minimum absolute atomic E-state index is 0.250. The summed E-state index contributed by atoms with van der Waals surface area (Å²) in [4.78, 5) is 0. The molecule has 0 radical (unpaired) electrons. The van der Waals surface area contributed by atoms with Crippen LogP contribution in [0.2, 0.25) is 0 Å². The lowest BCUT2D eigenvalue weighted by atomic mass is 10.2. The van der Waals surface area contributed by atoms with E-state index in [1.54, 1.807) is 0 Å². The predicted molar refractivity (Wildman–Crippen MR) is 53.9 cm³/mol. The van der Waals surface area contributed by atoms with Gasteiger partial charge in [-0.3, -0.25) is 0 Å². The minimum Gasteiger partial charge on any atom is -0.380 e. The molecule has 0 rings (SSSR count). The Labute approximate surface area is 80.6 Å². The van der Waals surface area contributed by atoms with E-state index in [1.165, 1.54) is 0 Å². The minimum atomic E-state index is 0.250. The molecule has 0 heterocycles. The highest BCUT2D eigenvalue weighted by Crippen LogP contribution is 2.03. The van der Waals surface area contributed by atoms with Crippen LogP contribution in [0.5, 0.6) is 0 Å². The summed E-state index contributed by atoms with van der Waals surface area (Å²) < 4.78 is 5.19. The van der Waals surface area contributed by atoms with E-state index in [0.29, 0.717) is 6.04 Å². The molecule has 0 fully saturated rings. The van der Waals surface area contributed by atoms with Crippen molar-refractivity contribution in [3.63, 3.8) is 0 Å². The zero-order valence-corrected chi connectivity index (χ0v) is 9.03. The third kappa shape index (κ3) is 8.31. The smallest absolute Gasteiger partial charge is 0.0590 e. The Morgan fingerprint density at radius 1 is 1.42 bits per heavy atom. The molecule has 0 saturated heterocycles. The molecule has 0 aliphatic heterocycles. The number of halogens is 1. The second kappa shape index (κ2) is 7.84. The molecule has 12 heavy (non-hydrogen) atoms. The quantitative estimate of drug-likeness (QED) is 0.494. The van der Waals surface area contributed by atoms with Crippen LogP contribution >= 0.6 is 11.6 Å². The van der Waals surface area contributed by atoms with E-state index in [9.17, 15) is 0 Å². The van der Waals surface area contributed by atoms with Gasteiger partial charge in [-0.05, 0) is 27.2 Å². The van der Waals surface area contributed by atoms with Crippen molar-refractivity contribution in [2.45, 2.75) is 38.6 Å². The molecular weight excluding hydrogens is 174 g/mol. The van der Waals surface area contributed by atoms with Crippen LogP contribution in [-0.4, -0.2) is 31.2 Å². The summed E-state index contributed by atoms with van der Waals surface area (Å²) in [7, 11) is 0. The Morgan fingerprint density at radius 2 is 2.08 bits per heavy atom. The van der Waals surface area contributed by atoms with Gasteiger partial charge < -0.3 is 10.1 Å². The summed E-state index contributed by atoms with van der Waals surface area (Å²) >= 11 is 5.84. The number of hydrogen-bond acceptors (Lipinski definition) is 2. The zero-order valence-electron chi connectivity index (χ0n) is 8.27. The lowest BCUT2D eigenvalue weighted by molar-refractivity contribution is 0.147. The van der Waals surface area contributed by atoms with Crippen molar-refractivity contribution in [3.05, 3.63) is 0 Å². The van der Waals surface area contributed by atoms with Crippen molar-refractivity contribution < 1.29 is 4.74 Å². The average Bonchev–Trinajstić information content (AvgIpc) is 1.97. The normalized spacial score (nSPS) is 16.0. The molecule has 0 aromatic rings. The average molecular weight is 194 g/mol. The Bertz CT molecular complexity index is 98.5. The van der Waals surface area contributed by atoms with Crippen LogP contribution in [0.15, 0.2) is 0 Å². The topological polar surface area (TPSA) is 21.3 Å². The van der Waals surface area contributed by atoms with Crippen LogP contribution in [0, 0.1) is 0 Å². The first-order valence-corrected chi connectivity index (χ1v) is 5.05. The Morgan fingerprint density at radius 3 is 2.58 bits per heavy atom. The molecule has 1 N–H and O–H groups in total. The van der Waals surface area contributed by atoms with E-state index in [-0.39, 0.29) is 5.38 Å². The molecule has 2 unspecified atom stereocenters. The first-order chi connectivity index (χ1) is 5.66. The molecule has 0 aromatic carbocycles. The summed E-state index contributed by atoms with van der Waals surface area (Å²) in [5.41, 5.74) is 0. The molecular formula is C9H20ClNO. The van der Waals surface area contributed by atoms with E-state index in [2.05, 4.69) is 12.2 Å². The lowest BCUT2D eigenvalue weighted by Gasteiger charge is -2.14. The fourth-order valence-corrected chi connectivity index (χ4v) is 1.36. The summed E-state index contributed by atoms with van der Waals surface area (Å²) in [5, 5.41) is 3.59. The van der Waals surface area contributed by atoms with Gasteiger partial charge in [0.1, 0.15) is 0 Å². The summed E-state index contributed by atoms with van der Waals surface area (Å²) in [6.07, 6.45) is 1.01. The van der Waals surface area contributed by atoms with Crippen LogP contribution in [-0.2, 0) is 4.74 Å². The van der Waals surface area contributed by atoms with E-state index >= 15 is 0 Å². The second-order valence-corrected chi connectivity index (χ2v) is 3.81. The molecule has 2 atom stereocenters. The van der Waals surface area contributed by atoms with E-state index < -0.39 is 0 Å². The Hall–Kier alpha value is 0.210. The predicted octanol–water partition coefficient (Wildman–Crippen LogP) is 2.02. The van der Waals surface area contributed by atoms with Gasteiger partial charge in [0, 0.05) is 24.6 Å². The van der Waals surface area contributed by atoms with Crippen molar-refractivity contribution in [3.8, 4) is 0 Å². The van der Waals surface area contributed by atoms with Gasteiger partial charge in [-0.2, -0.15) is 0 Å². The zero-order chi connectivity index (χ0) is 9.40. The third-order valence-corrected chi connectivity index (χ3v) is 1.80. The standard InChI is InChI=1S/C9H20ClNO/c1-4-12-6-5-11-9(3)7-8(2)10/h8-9,11H,4-7H2,1-3H3. The molecule has 0 aliphatic carbocycles. The van der Waals surface area contributed by atoms with Crippen LogP contribution in [0.4, 0.5) is 0 Å². The van der Waals surface area contributed by atoms with E-state index in [4.69, 9.17) is 16.3 Å². The number of nitrogens with one attached hydrogen (secondary N) is 1. The van der Waals surface area contributed by atoms with Crippen LogP contribution < -0.4 is 5.32 Å². The number of ether oxygens (including phenoxy) is 1. The number of hydrogen-bond donors (Lipinski definition) is 1. The van der Waals surface area contributed by atoms with Crippen molar-refractivity contribution in [2.24, 2.45) is 0 Å². The maximum Gasteiger partial charge on any atom is 0.0590 e. The first-order valence-electron chi connectivity index (χ1n) is 4.62. The number of rotatable bonds is 7. The fraction of sp³-hybridized carbons (Fsp3) is 1.00. The van der Waals surface area contributed by atoms with Crippen molar-refractivity contribution in [1.82, 2.24) is 5.32 Å². The highest BCUT2D eigenvalue weighted by atomic mass is 35.5. The maximum absolute atomic E-state index is 5.84. The van der Waals surface area contributed by atoms with Crippen molar-refractivity contribution >= 4 is 11.6 Å². The molecule has 0 aromatic heterocycles. The van der Waals surface area contributed by atoms with Gasteiger partial charge >= 0.3 is 0 Å². The monoisotopic (exact) mass is 193 g/mol. The van der Waals surface area contributed by atoms with E-state index in [0.717, 1.165) is 26.2 Å². The van der Waals surface area contributed by atoms with Crippen molar-refractivity contribution in [1.29, 1.82) is 0 Å². The Kier molecular flexibility index (Phi) is 7.98. The second-order valence-electron chi connectivity index (χ2n) is 3.07. The highest BCUT2D eigenvalue weighted by Gasteiger charge is 2.04. The fourth-order valence-electron chi connectivity index (χ4n) is 1.09. The molecule has 0 saturated carbocycles. The molecule has 0 amide bonds. The van der Waals surface area contributed by atoms with Gasteiger partial charge in [0.05, 0.1) is 6.61 Å². The van der Waals surface area contributed by atoms with Gasteiger partial charge in [-0.15, -0.1) is 11.6 Å². The molecule has 2 nitrogen and oxygen atoms in total. The molecule has 0 aliphatic rings. The summed E-state index contributed by atoms with van der Waals surface area (Å²) in [6.45, 7) is 8.66. The maximum atomic E-state index is 5.84. The third-order valence-electron chi connectivity index (χ3n) is 1.62. The summed E-state index contributed by atoms with van der Waals surface area (Å²) in [5.74, 6) is 0. The molecule has 0 spiro atoms. The van der Waals surface area contributed by atoms with Gasteiger partial charge in [-0.1, -0.05) is 0 Å². The van der Waals surface area contributed by atoms with Gasteiger partial charge in [0.25, 0.3) is 0 Å². The van der Waals surface area contributed by atoms with Crippen LogP contribution in [0.3, 0.4) is 0 Å². The Balaban J connectivity index is 3.14.